The van der Waals surface area contributed by atoms with Gasteiger partial charge in [-0.2, -0.15) is 0 Å². The quantitative estimate of drug-likeness (QED) is 0.547. The molecule has 4 aromatic rings. The number of hydrogen-bond acceptors (Lipinski definition) is 5. The Morgan fingerprint density at radius 3 is 2.67 bits per heavy atom. The minimum Gasteiger partial charge on any atom is -0.423 e. The number of aromatic nitrogens is 4. The second kappa shape index (κ2) is 6.85. The fourth-order valence-corrected chi connectivity index (χ4v) is 3.22. The van der Waals surface area contributed by atoms with E-state index in [1.165, 1.54) is 0 Å². The smallest absolute Gasteiger partial charge is 0.326 e. The molecule has 2 aromatic carbocycles. The Bertz CT molecular complexity index is 1110. The van der Waals surface area contributed by atoms with Gasteiger partial charge in [0.15, 0.2) is 0 Å². The molecule has 0 saturated heterocycles. The molecule has 4 rings (SSSR count). The van der Waals surface area contributed by atoms with Crippen LogP contribution in [0.15, 0.2) is 63.8 Å². The van der Waals surface area contributed by atoms with Crippen LogP contribution in [0.5, 0.6) is 0 Å². The normalized spacial score (nSPS) is 13.7. The molecule has 1 atom stereocenters. The van der Waals surface area contributed by atoms with Gasteiger partial charge in [0.1, 0.15) is 0 Å². The third-order valence-electron chi connectivity index (χ3n) is 4.60. The number of nitrogens with one attached hydrogen (secondary N) is 1. The molecule has 0 aliphatic carbocycles. The third kappa shape index (κ3) is 3.54. The molecule has 0 amide bonds. The summed E-state index contributed by atoms with van der Waals surface area (Å²) in [5.74, 6) is 0.861. The summed E-state index contributed by atoms with van der Waals surface area (Å²) in [5, 5.41) is 8.24. The highest BCUT2D eigenvalue weighted by molar-refractivity contribution is 5.74. The van der Waals surface area contributed by atoms with Gasteiger partial charge in [0.25, 0.3) is 0 Å². The van der Waals surface area contributed by atoms with E-state index in [4.69, 9.17) is 10.2 Å². The fraction of sp³-hybridized carbons (Fsp3) is 0.250. The first-order valence-corrected chi connectivity index (χ1v) is 8.86. The number of benzene rings is 2. The Labute approximate surface area is 155 Å². The van der Waals surface area contributed by atoms with Crippen LogP contribution in [0.1, 0.15) is 24.3 Å². The van der Waals surface area contributed by atoms with Crippen molar-refractivity contribution in [1.29, 1.82) is 0 Å². The van der Waals surface area contributed by atoms with Crippen LogP contribution < -0.4 is 11.4 Å². The van der Waals surface area contributed by atoms with Crippen molar-refractivity contribution in [3.05, 3.63) is 82.4 Å². The molecule has 138 valence electrons. The van der Waals surface area contributed by atoms with Gasteiger partial charge in [-0.3, -0.25) is 4.57 Å². The standard InChI is InChI=1S/C20H21N5O2/c1-20(21,13-14-7-3-2-4-8-14)18-24-23-17(27-18)11-12-25-16-10-6-5-9-15(16)22-19(25)26/h2-10H,11-13,21H2,1H3,(H,22,26)/t20-/m1/s1. The van der Waals surface area contributed by atoms with Crippen LogP contribution in [0.4, 0.5) is 0 Å². The Kier molecular flexibility index (Phi) is 4.37. The Morgan fingerprint density at radius 1 is 1.11 bits per heavy atom. The largest absolute Gasteiger partial charge is 0.423 e. The molecule has 7 heteroatoms. The van der Waals surface area contributed by atoms with Gasteiger partial charge in [-0.15, -0.1) is 10.2 Å². The average molecular weight is 363 g/mol. The molecule has 0 unspecified atom stereocenters. The fourth-order valence-electron chi connectivity index (χ4n) is 3.22. The summed E-state index contributed by atoms with van der Waals surface area (Å²) in [5.41, 5.74) is 8.28. The lowest BCUT2D eigenvalue weighted by Crippen LogP contribution is -2.35. The second-order valence-electron chi connectivity index (χ2n) is 6.93. The first-order chi connectivity index (χ1) is 13.0. The first kappa shape index (κ1) is 17.2. The molecule has 27 heavy (non-hydrogen) atoms. The molecule has 0 fully saturated rings. The van der Waals surface area contributed by atoms with Crippen molar-refractivity contribution in [3.8, 4) is 0 Å². The van der Waals surface area contributed by atoms with Crippen LogP contribution in [-0.4, -0.2) is 19.7 Å². The highest BCUT2D eigenvalue weighted by Crippen LogP contribution is 2.22. The van der Waals surface area contributed by atoms with Crippen LogP contribution >= 0.6 is 0 Å². The first-order valence-electron chi connectivity index (χ1n) is 8.86. The zero-order valence-corrected chi connectivity index (χ0v) is 15.1. The summed E-state index contributed by atoms with van der Waals surface area (Å²) in [7, 11) is 0. The monoisotopic (exact) mass is 363 g/mol. The molecule has 0 bridgehead atoms. The van der Waals surface area contributed by atoms with Gasteiger partial charge >= 0.3 is 5.69 Å². The number of imidazole rings is 1. The van der Waals surface area contributed by atoms with Gasteiger partial charge in [0, 0.05) is 13.0 Å². The molecule has 0 saturated carbocycles. The summed E-state index contributed by atoms with van der Waals surface area (Å²) in [6.07, 6.45) is 1.05. The minimum absolute atomic E-state index is 0.149. The number of H-pyrrole nitrogens is 1. The van der Waals surface area contributed by atoms with Crippen molar-refractivity contribution >= 4 is 11.0 Å². The number of aromatic amines is 1. The molecule has 2 aromatic heterocycles. The van der Waals surface area contributed by atoms with Crippen molar-refractivity contribution in [1.82, 2.24) is 19.7 Å². The van der Waals surface area contributed by atoms with Gasteiger partial charge in [-0.05, 0) is 31.0 Å². The lowest BCUT2D eigenvalue weighted by molar-refractivity contribution is 0.334. The van der Waals surface area contributed by atoms with E-state index in [-0.39, 0.29) is 5.69 Å². The molecule has 2 heterocycles. The number of rotatable bonds is 6. The van der Waals surface area contributed by atoms with Gasteiger partial charge in [-0.1, -0.05) is 42.5 Å². The predicted molar refractivity (Wildman–Crippen MR) is 102 cm³/mol. The van der Waals surface area contributed by atoms with Crippen molar-refractivity contribution in [2.75, 3.05) is 0 Å². The van der Waals surface area contributed by atoms with Crippen LogP contribution in [0.3, 0.4) is 0 Å². The van der Waals surface area contributed by atoms with E-state index in [1.54, 1.807) is 4.57 Å². The number of fused-ring (bicyclic) bond motifs is 1. The maximum absolute atomic E-state index is 12.1. The van der Waals surface area contributed by atoms with E-state index in [0.29, 0.717) is 31.2 Å². The molecule has 7 nitrogen and oxygen atoms in total. The maximum Gasteiger partial charge on any atom is 0.326 e. The summed E-state index contributed by atoms with van der Waals surface area (Å²) in [6.45, 7) is 2.33. The van der Waals surface area contributed by atoms with Gasteiger partial charge in [0.2, 0.25) is 11.8 Å². The van der Waals surface area contributed by atoms with Crippen molar-refractivity contribution in [2.24, 2.45) is 5.73 Å². The number of nitrogens with zero attached hydrogens (tertiary/aromatic N) is 3. The van der Waals surface area contributed by atoms with Gasteiger partial charge in [0.05, 0.1) is 16.6 Å². The maximum atomic E-state index is 12.1. The third-order valence-corrected chi connectivity index (χ3v) is 4.60. The zero-order valence-electron chi connectivity index (χ0n) is 15.1. The van der Waals surface area contributed by atoms with Crippen LogP contribution in [0.2, 0.25) is 0 Å². The van der Waals surface area contributed by atoms with E-state index in [1.807, 2.05) is 61.5 Å². The Hall–Kier alpha value is -3.19. The highest BCUT2D eigenvalue weighted by atomic mass is 16.4. The Morgan fingerprint density at radius 2 is 1.85 bits per heavy atom. The predicted octanol–water partition coefficient (Wildman–Crippen LogP) is 2.37. The van der Waals surface area contributed by atoms with E-state index in [0.717, 1.165) is 16.6 Å². The van der Waals surface area contributed by atoms with E-state index in [9.17, 15) is 4.79 Å². The number of aryl methyl sites for hydroxylation is 2. The van der Waals surface area contributed by atoms with Gasteiger partial charge < -0.3 is 15.1 Å². The zero-order chi connectivity index (χ0) is 18.9. The number of para-hydroxylation sites is 2. The highest BCUT2D eigenvalue weighted by Gasteiger charge is 2.28. The minimum atomic E-state index is -0.760. The number of nitrogens with two attached hydrogens (primary N) is 1. The molecule has 0 aliphatic heterocycles. The summed E-state index contributed by atoms with van der Waals surface area (Å²) in [6, 6.07) is 17.5. The lowest BCUT2D eigenvalue weighted by Gasteiger charge is -2.20. The van der Waals surface area contributed by atoms with Crippen molar-refractivity contribution in [3.63, 3.8) is 0 Å². The molecule has 0 aliphatic rings. The van der Waals surface area contributed by atoms with Crippen molar-refractivity contribution in [2.45, 2.75) is 31.8 Å². The molecule has 0 radical (unpaired) electrons. The van der Waals surface area contributed by atoms with Crippen LogP contribution in [0, 0.1) is 0 Å². The molecular weight excluding hydrogens is 342 g/mol. The second-order valence-corrected chi connectivity index (χ2v) is 6.93. The Balaban J connectivity index is 1.49. The topological polar surface area (TPSA) is 103 Å². The van der Waals surface area contributed by atoms with Gasteiger partial charge in [-0.25, -0.2) is 4.79 Å². The van der Waals surface area contributed by atoms with E-state index in [2.05, 4.69) is 15.2 Å². The summed E-state index contributed by atoms with van der Waals surface area (Å²) >= 11 is 0. The van der Waals surface area contributed by atoms with E-state index < -0.39 is 5.54 Å². The average Bonchev–Trinajstić information content (AvgIpc) is 3.25. The lowest BCUT2D eigenvalue weighted by atomic mass is 9.94. The van der Waals surface area contributed by atoms with E-state index >= 15 is 0 Å². The molecule has 3 N–H and O–H groups in total. The van der Waals surface area contributed by atoms with Crippen LogP contribution in [-0.2, 0) is 24.9 Å². The summed E-state index contributed by atoms with van der Waals surface area (Å²) in [4.78, 5) is 15.0. The van der Waals surface area contributed by atoms with Crippen LogP contribution in [0.25, 0.3) is 11.0 Å². The molecule has 0 spiro atoms. The number of hydrogen-bond donors (Lipinski definition) is 2. The van der Waals surface area contributed by atoms with Crippen molar-refractivity contribution < 1.29 is 4.42 Å². The summed E-state index contributed by atoms with van der Waals surface area (Å²) < 4.78 is 7.47. The SMILES string of the molecule is C[C@@](N)(Cc1ccccc1)c1nnc(CCn2c(=O)[nH]c3ccccc32)o1. The molecular formula is C20H21N5O2.